The minimum absolute atomic E-state index is 0.0370. The zero-order valence-electron chi connectivity index (χ0n) is 7.88. The fourth-order valence-electron chi connectivity index (χ4n) is 1.24. The number of ketones is 1. The van der Waals surface area contributed by atoms with Crippen molar-refractivity contribution >= 4 is 5.78 Å². The van der Waals surface area contributed by atoms with E-state index in [2.05, 4.69) is 0 Å². The second-order valence-electron chi connectivity index (χ2n) is 2.82. The Balaban J connectivity index is 3.23. The first-order chi connectivity index (χ1) is 6.57. The second kappa shape index (κ2) is 4.17. The zero-order valence-corrected chi connectivity index (χ0v) is 7.88. The molecule has 0 saturated heterocycles. The van der Waals surface area contributed by atoms with Gasteiger partial charge in [-0.1, -0.05) is 12.1 Å². The minimum atomic E-state index is -3.00. The van der Waals surface area contributed by atoms with Crippen molar-refractivity contribution in [3.05, 3.63) is 29.3 Å². The van der Waals surface area contributed by atoms with E-state index in [9.17, 15) is 13.6 Å². The topological polar surface area (TPSA) is 26.3 Å². The average molecular weight is 200 g/mol. The molecule has 2 nitrogen and oxygen atoms in total. The number of benzene rings is 1. The molecule has 0 unspecified atom stereocenters. The molecule has 0 aliphatic heterocycles. The summed E-state index contributed by atoms with van der Waals surface area (Å²) in [6.45, 7) is 1.60. The number of hydrogen-bond donors (Lipinski definition) is 0. The number of Topliss-reactive ketones (excluding diaryl/α,β-unsaturated/α-hetero) is 1. The van der Waals surface area contributed by atoms with Crippen molar-refractivity contribution in [1.82, 2.24) is 0 Å². The van der Waals surface area contributed by atoms with Gasteiger partial charge < -0.3 is 4.74 Å². The highest BCUT2D eigenvalue weighted by atomic mass is 19.3. The minimum Gasteiger partial charge on any atom is -0.496 e. The van der Waals surface area contributed by atoms with E-state index in [1.165, 1.54) is 13.2 Å². The average Bonchev–Trinajstić information content (AvgIpc) is 2.16. The van der Waals surface area contributed by atoms with Crippen LogP contribution in [0.25, 0.3) is 0 Å². The van der Waals surface area contributed by atoms with E-state index in [4.69, 9.17) is 4.74 Å². The Bertz CT molecular complexity index is 348. The molecule has 14 heavy (non-hydrogen) atoms. The summed E-state index contributed by atoms with van der Waals surface area (Å²) in [6.07, 6.45) is -3.00. The van der Waals surface area contributed by atoms with Gasteiger partial charge in [-0.05, 0) is 18.6 Å². The Kier molecular flexibility index (Phi) is 3.17. The first-order valence-corrected chi connectivity index (χ1v) is 4.04. The summed E-state index contributed by atoms with van der Waals surface area (Å²) in [4.78, 5) is 11.1. The normalized spacial score (nSPS) is 10.4. The highest BCUT2D eigenvalue weighted by Crippen LogP contribution is 2.24. The van der Waals surface area contributed by atoms with Crippen molar-refractivity contribution in [1.29, 1.82) is 0 Å². The van der Waals surface area contributed by atoms with Crippen molar-refractivity contribution < 1.29 is 18.3 Å². The lowest BCUT2D eigenvalue weighted by atomic mass is 10.0. The standard InChI is InChI=1S/C10H10F2O2/c1-6-4-3-5-7(14-2)8(6)9(13)10(11)12/h3-5,10H,1-2H3. The van der Waals surface area contributed by atoms with Crippen molar-refractivity contribution in [3.63, 3.8) is 0 Å². The van der Waals surface area contributed by atoms with Crippen LogP contribution in [0.15, 0.2) is 18.2 Å². The van der Waals surface area contributed by atoms with Crippen molar-refractivity contribution in [2.24, 2.45) is 0 Å². The summed E-state index contributed by atoms with van der Waals surface area (Å²) in [5.41, 5.74) is 0.458. The lowest BCUT2D eigenvalue weighted by Crippen LogP contribution is -2.13. The molecule has 0 aliphatic carbocycles. The Morgan fingerprint density at radius 2 is 2.07 bits per heavy atom. The van der Waals surface area contributed by atoms with Crippen LogP contribution in [-0.4, -0.2) is 19.3 Å². The Hall–Kier alpha value is -1.45. The maximum absolute atomic E-state index is 12.2. The molecule has 76 valence electrons. The number of aryl methyl sites for hydroxylation is 1. The first-order valence-electron chi connectivity index (χ1n) is 4.04. The molecule has 1 rings (SSSR count). The van der Waals surface area contributed by atoms with E-state index in [1.54, 1.807) is 19.1 Å². The number of hydrogen-bond acceptors (Lipinski definition) is 2. The van der Waals surface area contributed by atoms with E-state index in [-0.39, 0.29) is 11.3 Å². The molecule has 0 spiro atoms. The van der Waals surface area contributed by atoms with Gasteiger partial charge >= 0.3 is 6.43 Å². The van der Waals surface area contributed by atoms with Crippen LogP contribution in [0.1, 0.15) is 15.9 Å². The van der Waals surface area contributed by atoms with E-state index in [0.717, 1.165) is 0 Å². The number of ether oxygens (including phenoxy) is 1. The Labute approximate surface area is 80.5 Å². The number of methoxy groups -OCH3 is 1. The van der Waals surface area contributed by atoms with Crippen LogP contribution >= 0.6 is 0 Å². The molecule has 1 aromatic rings. The molecule has 0 amide bonds. The first kappa shape index (κ1) is 10.6. The molecule has 1 aromatic carbocycles. The second-order valence-corrected chi connectivity index (χ2v) is 2.82. The third-order valence-corrected chi connectivity index (χ3v) is 1.90. The molecule has 0 radical (unpaired) electrons. The van der Waals surface area contributed by atoms with Gasteiger partial charge in [0.1, 0.15) is 5.75 Å². The van der Waals surface area contributed by atoms with E-state index < -0.39 is 12.2 Å². The molecule has 0 N–H and O–H groups in total. The third kappa shape index (κ3) is 1.89. The highest BCUT2D eigenvalue weighted by Gasteiger charge is 2.23. The van der Waals surface area contributed by atoms with Gasteiger partial charge in [0.05, 0.1) is 12.7 Å². The van der Waals surface area contributed by atoms with Crippen LogP contribution in [0.5, 0.6) is 5.75 Å². The van der Waals surface area contributed by atoms with Gasteiger partial charge in [0, 0.05) is 0 Å². The lowest BCUT2D eigenvalue weighted by Gasteiger charge is -2.09. The SMILES string of the molecule is COc1cccc(C)c1C(=O)C(F)F. The number of rotatable bonds is 3. The van der Waals surface area contributed by atoms with Crippen LogP contribution in [0, 0.1) is 6.92 Å². The summed E-state index contributed by atoms with van der Waals surface area (Å²) < 4.78 is 29.3. The molecule has 0 bridgehead atoms. The Morgan fingerprint density at radius 3 is 2.57 bits per heavy atom. The van der Waals surface area contributed by atoms with Gasteiger partial charge in [-0.3, -0.25) is 4.79 Å². The molecule has 0 fully saturated rings. The monoisotopic (exact) mass is 200 g/mol. The van der Waals surface area contributed by atoms with Gasteiger partial charge in [0.25, 0.3) is 0 Å². The molecule has 4 heteroatoms. The van der Waals surface area contributed by atoms with Gasteiger partial charge in [-0.2, -0.15) is 0 Å². The molecule has 0 saturated carbocycles. The number of carbonyl (C=O) groups is 1. The predicted octanol–water partition coefficient (Wildman–Crippen LogP) is 2.45. The van der Waals surface area contributed by atoms with Crippen LogP contribution < -0.4 is 4.74 Å². The smallest absolute Gasteiger partial charge is 0.300 e. The number of carbonyl (C=O) groups excluding carboxylic acids is 1. The van der Waals surface area contributed by atoms with Crippen LogP contribution in [0.2, 0.25) is 0 Å². The van der Waals surface area contributed by atoms with Crippen molar-refractivity contribution in [2.45, 2.75) is 13.3 Å². The molecule has 0 atom stereocenters. The van der Waals surface area contributed by atoms with Crippen LogP contribution in [-0.2, 0) is 0 Å². The van der Waals surface area contributed by atoms with Crippen LogP contribution in [0.3, 0.4) is 0 Å². The predicted molar refractivity (Wildman–Crippen MR) is 48.1 cm³/mol. The molecular formula is C10H10F2O2. The van der Waals surface area contributed by atoms with Gasteiger partial charge in [0.2, 0.25) is 5.78 Å². The summed E-state index contributed by atoms with van der Waals surface area (Å²) in [6, 6.07) is 4.73. The van der Waals surface area contributed by atoms with Crippen molar-refractivity contribution in [3.8, 4) is 5.75 Å². The molecular weight excluding hydrogens is 190 g/mol. The largest absolute Gasteiger partial charge is 0.496 e. The Morgan fingerprint density at radius 1 is 1.43 bits per heavy atom. The van der Waals surface area contributed by atoms with Crippen molar-refractivity contribution in [2.75, 3.05) is 7.11 Å². The summed E-state index contributed by atoms with van der Waals surface area (Å²) in [7, 11) is 1.34. The molecule has 0 aromatic heterocycles. The summed E-state index contributed by atoms with van der Waals surface area (Å²) in [5, 5.41) is 0. The molecule has 0 aliphatic rings. The van der Waals surface area contributed by atoms with Crippen LogP contribution in [0.4, 0.5) is 8.78 Å². The van der Waals surface area contributed by atoms with Gasteiger partial charge in [-0.15, -0.1) is 0 Å². The fourth-order valence-corrected chi connectivity index (χ4v) is 1.24. The highest BCUT2D eigenvalue weighted by molar-refractivity contribution is 6.02. The number of alkyl halides is 2. The van der Waals surface area contributed by atoms with E-state index >= 15 is 0 Å². The fraction of sp³-hybridized carbons (Fsp3) is 0.300. The number of halogens is 2. The third-order valence-electron chi connectivity index (χ3n) is 1.90. The quantitative estimate of drug-likeness (QED) is 0.700. The summed E-state index contributed by atoms with van der Waals surface area (Å²) in [5.74, 6) is -1.00. The maximum Gasteiger partial charge on any atom is 0.300 e. The molecule has 0 heterocycles. The zero-order chi connectivity index (χ0) is 10.7. The van der Waals surface area contributed by atoms with Gasteiger partial charge in [0.15, 0.2) is 0 Å². The van der Waals surface area contributed by atoms with E-state index in [1.807, 2.05) is 0 Å². The lowest BCUT2D eigenvalue weighted by molar-refractivity contribution is 0.0674. The summed E-state index contributed by atoms with van der Waals surface area (Å²) >= 11 is 0. The van der Waals surface area contributed by atoms with Gasteiger partial charge in [-0.25, -0.2) is 8.78 Å². The van der Waals surface area contributed by atoms with E-state index in [0.29, 0.717) is 5.56 Å². The maximum atomic E-state index is 12.2.